The maximum absolute atomic E-state index is 5.88. The summed E-state index contributed by atoms with van der Waals surface area (Å²) in [5.74, 6) is 0. The Morgan fingerprint density at radius 2 is 2.06 bits per heavy atom. The fourth-order valence-corrected chi connectivity index (χ4v) is 2.58. The normalized spacial score (nSPS) is 10.7. The second-order valence-corrected chi connectivity index (χ2v) is 4.88. The molecule has 0 atom stereocenters. The van der Waals surface area contributed by atoms with Crippen LogP contribution in [-0.2, 0) is 7.05 Å². The lowest BCUT2D eigenvalue weighted by atomic mass is 10.2. The van der Waals surface area contributed by atoms with Crippen molar-refractivity contribution < 1.29 is 0 Å². The van der Waals surface area contributed by atoms with Gasteiger partial charge in [-0.05, 0) is 37.6 Å². The molecule has 0 bridgehead atoms. The van der Waals surface area contributed by atoms with Crippen molar-refractivity contribution in [3.05, 3.63) is 35.5 Å². The Bertz CT molecular complexity index is 517. The van der Waals surface area contributed by atoms with E-state index in [0.29, 0.717) is 0 Å². The summed E-state index contributed by atoms with van der Waals surface area (Å²) in [4.78, 5) is 1.18. The zero-order chi connectivity index (χ0) is 11.7. The summed E-state index contributed by atoms with van der Waals surface area (Å²) in [7, 11) is 1.96. The van der Waals surface area contributed by atoms with Crippen LogP contribution in [0.4, 0.5) is 5.69 Å². The molecule has 0 aliphatic heterocycles. The predicted octanol–water partition coefficient (Wildman–Crippen LogP) is 2.77. The Hall–Kier alpha value is -1.42. The summed E-state index contributed by atoms with van der Waals surface area (Å²) in [5.41, 5.74) is 8.88. The summed E-state index contributed by atoms with van der Waals surface area (Å²) >= 11 is 1.70. The molecule has 2 aromatic rings. The maximum atomic E-state index is 5.88. The highest BCUT2D eigenvalue weighted by atomic mass is 32.2. The van der Waals surface area contributed by atoms with E-state index in [1.54, 1.807) is 11.8 Å². The van der Waals surface area contributed by atoms with E-state index in [1.807, 2.05) is 37.7 Å². The first-order valence-electron chi connectivity index (χ1n) is 5.11. The van der Waals surface area contributed by atoms with Gasteiger partial charge in [0.25, 0.3) is 0 Å². The molecule has 16 heavy (non-hydrogen) atoms. The number of aromatic nitrogens is 2. The fraction of sp³-hybridized carbons (Fsp3) is 0.250. The van der Waals surface area contributed by atoms with E-state index in [9.17, 15) is 0 Å². The molecule has 0 amide bonds. The van der Waals surface area contributed by atoms with Crippen molar-refractivity contribution >= 4 is 17.4 Å². The molecule has 0 aliphatic carbocycles. The summed E-state index contributed by atoms with van der Waals surface area (Å²) in [6.07, 6.45) is 0. The highest BCUT2D eigenvalue weighted by molar-refractivity contribution is 7.99. The molecule has 0 spiro atoms. The molecule has 2 rings (SSSR count). The van der Waals surface area contributed by atoms with Crippen molar-refractivity contribution in [2.45, 2.75) is 23.8 Å². The number of nitrogens with zero attached hydrogens (tertiary/aromatic N) is 2. The number of nitrogens with two attached hydrogens (primary N) is 1. The van der Waals surface area contributed by atoms with Gasteiger partial charge in [0, 0.05) is 17.6 Å². The van der Waals surface area contributed by atoms with Gasteiger partial charge in [0.2, 0.25) is 0 Å². The van der Waals surface area contributed by atoms with Gasteiger partial charge in [0.1, 0.15) is 0 Å². The van der Waals surface area contributed by atoms with Gasteiger partial charge in [-0.3, -0.25) is 4.68 Å². The van der Waals surface area contributed by atoms with Crippen LogP contribution in [0.5, 0.6) is 0 Å². The number of benzene rings is 1. The molecule has 3 nitrogen and oxygen atoms in total. The third kappa shape index (κ3) is 2.07. The predicted molar refractivity (Wildman–Crippen MR) is 67.7 cm³/mol. The molecule has 2 N–H and O–H groups in total. The largest absolute Gasteiger partial charge is 0.398 e. The fourth-order valence-electron chi connectivity index (χ4n) is 1.54. The SMILES string of the molecule is Cc1cc(Sc2cccc(N)c2C)n(C)n1. The van der Waals surface area contributed by atoms with Gasteiger partial charge in [0.05, 0.1) is 10.7 Å². The molecule has 1 aromatic carbocycles. The van der Waals surface area contributed by atoms with Crippen LogP contribution < -0.4 is 5.73 Å². The Labute approximate surface area is 99.7 Å². The molecule has 4 heteroatoms. The molecule has 0 radical (unpaired) electrons. The zero-order valence-corrected chi connectivity index (χ0v) is 10.5. The molecule has 0 unspecified atom stereocenters. The van der Waals surface area contributed by atoms with Crippen LogP contribution in [0.3, 0.4) is 0 Å². The molecule has 0 fully saturated rings. The van der Waals surface area contributed by atoms with E-state index in [0.717, 1.165) is 22.0 Å². The van der Waals surface area contributed by atoms with Crippen LogP contribution in [0, 0.1) is 13.8 Å². The molecule has 84 valence electrons. The molecule has 1 aromatic heterocycles. The van der Waals surface area contributed by atoms with E-state index < -0.39 is 0 Å². The van der Waals surface area contributed by atoms with Crippen LogP contribution in [0.15, 0.2) is 34.2 Å². The summed E-state index contributed by atoms with van der Waals surface area (Å²) in [5, 5.41) is 5.45. The van der Waals surface area contributed by atoms with E-state index in [4.69, 9.17) is 5.73 Å². The van der Waals surface area contributed by atoms with Crippen molar-refractivity contribution in [1.29, 1.82) is 0 Å². The first-order valence-corrected chi connectivity index (χ1v) is 5.93. The van der Waals surface area contributed by atoms with Crippen molar-refractivity contribution in [2.75, 3.05) is 5.73 Å². The van der Waals surface area contributed by atoms with Crippen LogP contribution in [0.2, 0.25) is 0 Å². The summed E-state index contributed by atoms with van der Waals surface area (Å²) < 4.78 is 1.89. The number of hydrogen-bond donors (Lipinski definition) is 1. The minimum absolute atomic E-state index is 0.837. The van der Waals surface area contributed by atoms with Crippen molar-refractivity contribution in [3.63, 3.8) is 0 Å². The molecule has 0 aliphatic rings. The van der Waals surface area contributed by atoms with Gasteiger partial charge < -0.3 is 5.73 Å². The highest BCUT2D eigenvalue weighted by Crippen LogP contribution is 2.32. The van der Waals surface area contributed by atoms with E-state index in [1.165, 1.54) is 4.90 Å². The summed E-state index contributed by atoms with van der Waals surface area (Å²) in [6, 6.07) is 8.06. The first-order chi connectivity index (χ1) is 7.58. The van der Waals surface area contributed by atoms with Crippen LogP contribution in [0.25, 0.3) is 0 Å². The molecular formula is C12H15N3S. The van der Waals surface area contributed by atoms with Crippen molar-refractivity contribution in [2.24, 2.45) is 7.05 Å². The Balaban J connectivity index is 2.34. The number of nitrogen functional groups attached to an aromatic ring is 1. The van der Waals surface area contributed by atoms with Crippen LogP contribution in [-0.4, -0.2) is 9.78 Å². The Morgan fingerprint density at radius 1 is 1.31 bits per heavy atom. The van der Waals surface area contributed by atoms with Crippen LogP contribution >= 0.6 is 11.8 Å². The molecular weight excluding hydrogens is 218 g/mol. The topological polar surface area (TPSA) is 43.8 Å². The quantitative estimate of drug-likeness (QED) is 0.811. The maximum Gasteiger partial charge on any atom is 0.0987 e. The average Bonchev–Trinajstić information content (AvgIpc) is 2.53. The van der Waals surface area contributed by atoms with Crippen LogP contribution in [0.1, 0.15) is 11.3 Å². The van der Waals surface area contributed by atoms with Gasteiger partial charge >= 0.3 is 0 Å². The minimum atomic E-state index is 0.837. The lowest BCUT2D eigenvalue weighted by Gasteiger charge is -2.07. The van der Waals surface area contributed by atoms with Gasteiger partial charge in [-0.15, -0.1) is 0 Å². The standard InChI is InChI=1S/C12H15N3S/c1-8-7-12(15(3)14-8)16-11-6-4-5-10(13)9(11)2/h4-7H,13H2,1-3H3. The number of hydrogen-bond acceptors (Lipinski definition) is 3. The van der Waals surface area contributed by atoms with E-state index in [-0.39, 0.29) is 0 Å². The number of aryl methyl sites for hydroxylation is 2. The first kappa shape index (κ1) is 11.1. The minimum Gasteiger partial charge on any atom is -0.398 e. The lowest BCUT2D eigenvalue weighted by molar-refractivity contribution is 0.692. The molecule has 0 saturated heterocycles. The molecule has 0 saturated carbocycles. The molecule has 1 heterocycles. The van der Waals surface area contributed by atoms with E-state index >= 15 is 0 Å². The number of anilines is 1. The van der Waals surface area contributed by atoms with Gasteiger partial charge in [-0.25, -0.2) is 0 Å². The lowest BCUT2D eigenvalue weighted by Crippen LogP contribution is -1.94. The van der Waals surface area contributed by atoms with Gasteiger partial charge in [-0.2, -0.15) is 5.10 Å². The average molecular weight is 233 g/mol. The number of rotatable bonds is 2. The highest BCUT2D eigenvalue weighted by Gasteiger charge is 2.07. The van der Waals surface area contributed by atoms with Gasteiger partial charge in [-0.1, -0.05) is 17.8 Å². The Morgan fingerprint density at radius 3 is 2.69 bits per heavy atom. The van der Waals surface area contributed by atoms with Crippen molar-refractivity contribution in [1.82, 2.24) is 9.78 Å². The summed E-state index contributed by atoms with van der Waals surface area (Å²) in [6.45, 7) is 4.04. The monoisotopic (exact) mass is 233 g/mol. The second kappa shape index (κ2) is 4.22. The third-order valence-corrected chi connectivity index (χ3v) is 3.75. The smallest absolute Gasteiger partial charge is 0.0987 e. The third-order valence-electron chi connectivity index (χ3n) is 2.50. The van der Waals surface area contributed by atoms with Crippen molar-refractivity contribution in [3.8, 4) is 0 Å². The zero-order valence-electron chi connectivity index (χ0n) is 9.69. The van der Waals surface area contributed by atoms with Gasteiger partial charge in [0.15, 0.2) is 0 Å². The Kier molecular flexibility index (Phi) is 2.92. The second-order valence-electron chi connectivity index (χ2n) is 3.82. The van der Waals surface area contributed by atoms with E-state index in [2.05, 4.69) is 17.2 Å².